The van der Waals surface area contributed by atoms with Crippen molar-refractivity contribution in [1.29, 1.82) is 0 Å². The van der Waals surface area contributed by atoms with Crippen molar-refractivity contribution in [2.75, 3.05) is 19.7 Å². The summed E-state index contributed by atoms with van der Waals surface area (Å²) in [7, 11) is -3.63. The molecule has 3 aliphatic rings. The van der Waals surface area contributed by atoms with Crippen LogP contribution in [0.2, 0.25) is 0 Å². The third-order valence-corrected chi connectivity index (χ3v) is 11.3. The predicted molar refractivity (Wildman–Crippen MR) is 150 cm³/mol. The Kier molecular flexibility index (Phi) is 8.41. The first-order valence-electron chi connectivity index (χ1n) is 12.9. The number of ether oxygens (including phenoxy) is 1. The van der Waals surface area contributed by atoms with Crippen molar-refractivity contribution in [2.24, 2.45) is 16.8 Å². The number of carboxylic acid groups (broad SMARTS) is 1. The number of thiazole rings is 1. The van der Waals surface area contributed by atoms with Crippen molar-refractivity contribution in [3.8, 4) is 0 Å². The fourth-order valence-electron chi connectivity index (χ4n) is 5.34. The number of rotatable bonds is 8. The van der Waals surface area contributed by atoms with Crippen LogP contribution in [-0.4, -0.2) is 65.5 Å². The van der Waals surface area contributed by atoms with Crippen molar-refractivity contribution in [1.82, 2.24) is 14.6 Å². The highest BCUT2D eigenvalue weighted by Gasteiger charge is 2.46. The molecule has 2 aromatic rings. The number of carbonyl (C=O) groups is 2. The molecule has 10 nitrogen and oxygen atoms in total. The molecule has 0 radical (unpaired) electrons. The molecule has 0 amide bonds. The van der Waals surface area contributed by atoms with Gasteiger partial charge >= 0.3 is 11.9 Å². The molecular weight excluding hydrogens is 627 g/mol. The number of hydrogen-bond acceptors (Lipinski definition) is 9. The van der Waals surface area contributed by atoms with Crippen molar-refractivity contribution in [3.63, 3.8) is 0 Å². The zero-order valence-corrected chi connectivity index (χ0v) is 24.8. The SMILES string of the molecule is CCOC(=O)C1=C(C2CCN(S(=O)(=O)[C@H]3C[C@H](C(=O)O)C3)CC2)NC(c2nccs2)=N[C@@H]1c1ccc(F)cc1Br. The lowest BCUT2D eigenvalue weighted by atomic mass is 9.85. The van der Waals surface area contributed by atoms with Crippen LogP contribution in [-0.2, 0) is 24.3 Å². The third-order valence-electron chi connectivity index (χ3n) is 7.55. The molecule has 2 N–H and O–H groups in total. The van der Waals surface area contributed by atoms with E-state index in [2.05, 4.69) is 26.2 Å². The average Bonchev–Trinajstić information content (AvgIpc) is 3.42. The molecule has 14 heteroatoms. The summed E-state index contributed by atoms with van der Waals surface area (Å²) in [6.45, 7) is 2.32. The smallest absolute Gasteiger partial charge is 0.338 e. The molecule has 2 fully saturated rings. The molecule has 3 heterocycles. The maximum absolute atomic E-state index is 14.0. The minimum absolute atomic E-state index is 0.124. The minimum Gasteiger partial charge on any atom is -0.481 e. The number of sulfonamides is 1. The quantitative estimate of drug-likeness (QED) is 0.409. The number of benzene rings is 1. The highest BCUT2D eigenvalue weighted by molar-refractivity contribution is 9.10. The van der Waals surface area contributed by atoms with Gasteiger partial charge in [-0.15, -0.1) is 11.3 Å². The van der Waals surface area contributed by atoms with E-state index in [1.54, 1.807) is 19.2 Å². The molecule has 1 aliphatic carbocycles. The van der Waals surface area contributed by atoms with Gasteiger partial charge in [-0.1, -0.05) is 22.0 Å². The lowest BCUT2D eigenvalue weighted by Crippen LogP contribution is -2.50. The number of nitrogens with one attached hydrogen (secondary N) is 1. The zero-order valence-electron chi connectivity index (χ0n) is 21.5. The van der Waals surface area contributed by atoms with Gasteiger partial charge in [-0.3, -0.25) is 9.79 Å². The second-order valence-electron chi connectivity index (χ2n) is 9.90. The topological polar surface area (TPSA) is 138 Å². The van der Waals surface area contributed by atoms with Crippen molar-refractivity contribution >= 4 is 55.1 Å². The summed E-state index contributed by atoms with van der Waals surface area (Å²) >= 11 is 4.80. The average molecular weight is 656 g/mol. The molecule has 1 saturated carbocycles. The summed E-state index contributed by atoms with van der Waals surface area (Å²) in [5.41, 5.74) is 1.46. The second kappa shape index (κ2) is 11.7. The van der Waals surface area contributed by atoms with E-state index in [9.17, 15) is 22.4 Å². The Morgan fingerprint density at radius 3 is 2.60 bits per heavy atom. The van der Waals surface area contributed by atoms with Crippen LogP contribution in [0.1, 0.15) is 49.2 Å². The van der Waals surface area contributed by atoms with E-state index in [-0.39, 0.29) is 38.5 Å². The summed E-state index contributed by atoms with van der Waals surface area (Å²) in [4.78, 5) is 33.8. The van der Waals surface area contributed by atoms with Gasteiger partial charge in [0.15, 0.2) is 10.8 Å². The Bertz CT molecular complexity index is 1470. The highest BCUT2D eigenvalue weighted by atomic mass is 79.9. The normalized spacial score (nSPS) is 24.2. The van der Waals surface area contributed by atoms with E-state index in [0.29, 0.717) is 45.0 Å². The van der Waals surface area contributed by atoms with Gasteiger partial charge in [-0.2, -0.15) is 0 Å². The van der Waals surface area contributed by atoms with Crippen LogP contribution in [0.15, 0.2) is 50.5 Å². The molecule has 214 valence electrons. The Morgan fingerprint density at radius 2 is 2.00 bits per heavy atom. The van der Waals surface area contributed by atoms with E-state index in [4.69, 9.17) is 14.8 Å². The standard InChI is InChI=1S/C26H28BrFN4O6S2/c1-2-38-26(35)20-21(14-5-8-32(9-6-14)40(36,37)17-11-15(12-17)25(33)34)30-23(24-29-7-10-39-24)31-22(20)18-4-3-16(28)13-19(18)27/h3-4,7,10,13-15,17,22H,2,5-6,8-9,11-12H2,1H3,(H,30,31)(H,33,34)/t15-,17-,22-/m1/s1. The van der Waals surface area contributed by atoms with E-state index in [0.717, 1.165) is 0 Å². The third kappa shape index (κ3) is 5.58. The molecule has 5 rings (SSSR count). The lowest BCUT2D eigenvalue weighted by molar-refractivity contribution is -0.144. The lowest BCUT2D eigenvalue weighted by Gasteiger charge is -2.40. The Morgan fingerprint density at radius 1 is 1.27 bits per heavy atom. The fourth-order valence-corrected chi connectivity index (χ4v) is 8.59. The molecule has 1 aromatic heterocycles. The van der Waals surface area contributed by atoms with E-state index < -0.39 is 45.0 Å². The van der Waals surface area contributed by atoms with Gasteiger partial charge in [0.1, 0.15) is 11.9 Å². The number of aliphatic imine (C=N–C) groups is 1. The zero-order chi connectivity index (χ0) is 28.6. The maximum atomic E-state index is 14.0. The predicted octanol–water partition coefficient (Wildman–Crippen LogP) is 3.86. The Labute approximate surface area is 243 Å². The summed E-state index contributed by atoms with van der Waals surface area (Å²) in [6.07, 6.45) is 2.76. The number of hydrogen-bond donors (Lipinski definition) is 2. The Balaban J connectivity index is 1.47. The van der Waals surface area contributed by atoms with Gasteiger partial charge in [0, 0.05) is 40.8 Å². The number of aromatic nitrogens is 1. The van der Waals surface area contributed by atoms with Crippen molar-refractivity contribution in [2.45, 2.75) is 43.9 Å². The molecule has 1 saturated heterocycles. The first-order chi connectivity index (χ1) is 19.1. The summed E-state index contributed by atoms with van der Waals surface area (Å²) < 4.78 is 47.6. The molecule has 0 bridgehead atoms. The van der Waals surface area contributed by atoms with E-state index >= 15 is 0 Å². The number of esters is 1. The van der Waals surface area contributed by atoms with Crippen molar-refractivity contribution < 1.29 is 32.2 Å². The van der Waals surface area contributed by atoms with Crippen LogP contribution in [0.3, 0.4) is 0 Å². The number of aliphatic carboxylic acids is 1. The number of piperidine rings is 1. The number of carbonyl (C=O) groups excluding carboxylic acids is 1. The van der Waals surface area contributed by atoms with Crippen LogP contribution < -0.4 is 5.32 Å². The van der Waals surface area contributed by atoms with Gasteiger partial charge in [0.25, 0.3) is 0 Å². The summed E-state index contributed by atoms with van der Waals surface area (Å²) in [5.74, 6) is -2.34. The second-order valence-corrected chi connectivity index (χ2v) is 13.9. The van der Waals surface area contributed by atoms with Crippen LogP contribution >= 0.6 is 27.3 Å². The first kappa shape index (κ1) is 28.8. The molecule has 0 spiro atoms. The maximum Gasteiger partial charge on any atom is 0.338 e. The minimum atomic E-state index is -3.63. The number of carboxylic acids is 1. The van der Waals surface area contributed by atoms with Crippen LogP contribution in [0.25, 0.3) is 0 Å². The monoisotopic (exact) mass is 654 g/mol. The number of nitrogens with zero attached hydrogens (tertiary/aromatic N) is 3. The van der Waals surface area contributed by atoms with Gasteiger partial charge in [-0.05, 0) is 50.3 Å². The summed E-state index contributed by atoms with van der Waals surface area (Å²) in [5, 5.41) is 14.2. The van der Waals surface area contributed by atoms with Crippen molar-refractivity contribution in [3.05, 3.63) is 61.9 Å². The van der Waals surface area contributed by atoms with Crippen LogP contribution in [0, 0.1) is 17.7 Å². The molecule has 40 heavy (non-hydrogen) atoms. The van der Waals surface area contributed by atoms with Crippen LogP contribution in [0.5, 0.6) is 0 Å². The summed E-state index contributed by atoms with van der Waals surface area (Å²) in [6, 6.07) is 3.39. The molecule has 1 aromatic carbocycles. The molecule has 2 aliphatic heterocycles. The van der Waals surface area contributed by atoms with Crippen LogP contribution in [0.4, 0.5) is 4.39 Å². The van der Waals surface area contributed by atoms with Gasteiger partial charge < -0.3 is 15.2 Å². The largest absolute Gasteiger partial charge is 0.481 e. The fraction of sp³-hybridized carbons (Fsp3) is 0.462. The number of amidine groups is 1. The first-order valence-corrected chi connectivity index (χ1v) is 16.1. The van der Waals surface area contributed by atoms with E-state index in [1.807, 2.05) is 5.38 Å². The van der Waals surface area contributed by atoms with Gasteiger partial charge in [0.2, 0.25) is 10.0 Å². The molecule has 1 atom stereocenters. The van der Waals surface area contributed by atoms with Gasteiger partial charge in [-0.25, -0.2) is 26.9 Å². The van der Waals surface area contributed by atoms with E-state index in [1.165, 1.54) is 27.8 Å². The van der Waals surface area contributed by atoms with Gasteiger partial charge in [0.05, 0.1) is 23.3 Å². The number of halogens is 2. The Hall–Kier alpha value is -2.68. The number of allylic oxidation sites excluding steroid dienone is 1. The highest BCUT2D eigenvalue weighted by Crippen LogP contribution is 2.41. The molecular formula is C26H28BrFN4O6S2. The molecule has 0 unspecified atom stereocenters.